The van der Waals surface area contributed by atoms with E-state index in [4.69, 9.17) is 5.11 Å². The Morgan fingerprint density at radius 3 is 2.47 bits per heavy atom. The summed E-state index contributed by atoms with van der Waals surface area (Å²) in [7, 11) is 0. The average Bonchev–Trinajstić information content (AvgIpc) is 2.27. The second-order valence-electron chi connectivity index (χ2n) is 3.37. The fourth-order valence-electron chi connectivity index (χ4n) is 1.37. The molecule has 0 saturated carbocycles. The third kappa shape index (κ3) is 3.60. The molecule has 0 aliphatic carbocycles. The van der Waals surface area contributed by atoms with Crippen molar-refractivity contribution in [2.24, 2.45) is 0 Å². The van der Waals surface area contributed by atoms with Gasteiger partial charge in [0.1, 0.15) is 24.0 Å². The van der Waals surface area contributed by atoms with Gasteiger partial charge in [-0.05, 0) is 12.1 Å². The first kappa shape index (κ1) is 13.2. The number of aldehydes is 1. The van der Waals surface area contributed by atoms with Gasteiger partial charge in [0, 0.05) is 12.0 Å². The Balaban J connectivity index is 2.85. The molecule has 0 aliphatic rings. The number of rotatable bonds is 6. The molecule has 1 aromatic carbocycles. The Hall–Kier alpha value is -1.82. The van der Waals surface area contributed by atoms with Gasteiger partial charge in [-0.2, -0.15) is 0 Å². The van der Waals surface area contributed by atoms with Gasteiger partial charge >= 0.3 is 5.97 Å². The minimum Gasteiger partial charge on any atom is -0.480 e. The maximum absolute atomic E-state index is 13.3. The Labute approximate surface area is 96.3 Å². The molecule has 1 unspecified atom stereocenters. The molecular weight excluding hydrogens is 232 g/mol. The van der Waals surface area contributed by atoms with Gasteiger partial charge in [0.25, 0.3) is 0 Å². The van der Waals surface area contributed by atoms with Gasteiger partial charge in [-0.1, -0.05) is 6.07 Å². The number of aliphatic carboxylic acids is 1. The van der Waals surface area contributed by atoms with Gasteiger partial charge in [0.05, 0.1) is 6.54 Å². The van der Waals surface area contributed by atoms with Gasteiger partial charge < -0.3 is 9.90 Å². The summed E-state index contributed by atoms with van der Waals surface area (Å²) < 4.78 is 26.5. The van der Waals surface area contributed by atoms with Crippen LogP contribution in [-0.2, 0) is 16.0 Å². The molecule has 0 aromatic heterocycles. The molecule has 0 radical (unpaired) electrons. The number of carboxylic acids is 1. The largest absolute Gasteiger partial charge is 0.480 e. The highest BCUT2D eigenvalue weighted by Gasteiger charge is 2.20. The van der Waals surface area contributed by atoms with Crippen LogP contribution in [0.5, 0.6) is 0 Å². The van der Waals surface area contributed by atoms with Gasteiger partial charge in [-0.25, -0.2) is 8.78 Å². The van der Waals surface area contributed by atoms with Crippen molar-refractivity contribution in [2.45, 2.75) is 12.5 Å². The zero-order chi connectivity index (χ0) is 12.8. The summed E-state index contributed by atoms with van der Waals surface area (Å²) in [5.41, 5.74) is -0.307. The molecule has 92 valence electrons. The van der Waals surface area contributed by atoms with Crippen molar-refractivity contribution in [3.8, 4) is 0 Å². The van der Waals surface area contributed by atoms with Crippen LogP contribution < -0.4 is 5.32 Å². The molecule has 0 spiro atoms. The van der Waals surface area contributed by atoms with Crippen molar-refractivity contribution in [3.63, 3.8) is 0 Å². The highest BCUT2D eigenvalue weighted by Crippen LogP contribution is 2.14. The lowest BCUT2D eigenvalue weighted by Crippen LogP contribution is -2.39. The second-order valence-corrected chi connectivity index (χ2v) is 3.37. The fraction of sp³-hybridized carbons (Fsp3) is 0.273. The van der Waals surface area contributed by atoms with Crippen LogP contribution >= 0.6 is 0 Å². The number of hydrogen-bond donors (Lipinski definition) is 2. The van der Waals surface area contributed by atoms with Crippen LogP contribution in [0.2, 0.25) is 0 Å². The summed E-state index contributed by atoms with van der Waals surface area (Å²) in [6, 6.07) is 2.10. The molecule has 6 heteroatoms. The summed E-state index contributed by atoms with van der Waals surface area (Å²) in [6.07, 6.45) is 0.120. The second kappa shape index (κ2) is 6.05. The summed E-state index contributed by atoms with van der Waals surface area (Å²) in [5, 5.41) is 11.2. The van der Waals surface area contributed by atoms with Crippen LogP contribution in [0.4, 0.5) is 8.78 Å². The zero-order valence-electron chi connectivity index (χ0n) is 8.82. The van der Waals surface area contributed by atoms with E-state index >= 15 is 0 Å². The topological polar surface area (TPSA) is 66.4 Å². The number of halogens is 2. The van der Waals surface area contributed by atoms with Crippen LogP contribution in [0.1, 0.15) is 5.56 Å². The Kier molecular flexibility index (Phi) is 4.71. The molecule has 0 saturated heterocycles. The van der Waals surface area contributed by atoms with E-state index in [1.165, 1.54) is 6.07 Å². The maximum atomic E-state index is 13.3. The Bertz CT molecular complexity index is 403. The quantitative estimate of drug-likeness (QED) is 0.723. The summed E-state index contributed by atoms with van der Waals surface area (Å²) in [6.45, 7) is -0.187. The predicted octanol–water partition coefficient (Wildman–Crippen LogP) is 0.749. The van der Waals surface area contributed by atoms with Gasteiger partial charge in [-0.15, -0.1) is 0 Å². The molecule has 4 nitrogen and oxygen atoms in total. The number of carbonyl (C=O) groups is 2. The van der Waals surface area contributed by atoms with Crippen molar-refractivity contribution in [1.82, 2.24) is 5.32 Å². The van der Waals surface area contributed by atoms with E-state index in [9.17, 15) is 18.4 Å². The third-order valence-corrected chi connectivity index (χ3v) is 2.22. The molecule has 2 N–H and O–H groups in total. The first-order valence-electron chi connectivity index (χ1n) is 4.89. The van der Waals surface area contributed by atoms with Gasteiger partial charge in [0.15, 0.2) is 0 Å². The number of nitrogens with one attached hydrogen (secondary N) is 1. The Morgan fingerprint density at radius 1 is 1.41 bits per heavy atom. The summed E-state index contributed by atoms with van der Waals surface area (Å²) in [5.74, 6) is -2.87. The highest BCUT2D eigenvalue weighted by atomic mass is 19.1. The normalized spacial score (nSPS) is 12.1. The van der Waals surface area contributed by atoms with Crippen LogP contribution in [0.15, 0.2) is 18.2 Å². The average molecular weight is 243 g/mol. The number of hydrogen-bond acceptors (Lipinski definition) is 3. The molecule has 1 aromatic rings. The van der Waals surface area contributed by atoms with E-state index in [2.05, 4.69) is 5.32 Å². The van der Waals surface area contributed by atoms with Crippen LogP contribution in [0.25, 0.3) is 0 Å². The van der Waals surface area contributed by atoms with E-state index in [-0.39, 0.29) is 18.5 Å². The van der Waals surface area contributed by atoms with Crippen LogP contribution in [-0.4, -0.2) is 29.9 Å². The maximum Gasteiger partial charge on any atom is 0.321 e. The number of carbonyl (C=O) groups excluding carboxylic acids is 1. The summed E-state index contributed by atoms with van der Waals surface area (Å²) in [4.78, 5) is 20.9. The SMILES string of the molecule is O=CCNC(Cc1c(F)cccc1F)C(=O)O. The van der Waals surface area contributed by atoms with Crippen molar-refractivity contribution in [3.05, 3.63) is 35.4 Å². The molecule has 17 heavy (non-hydrogen) atoms. The number of benzene rings is 1. The standard InChI is InChI=1S/C11H11F2NO3/c12-8-2-1-3-9(13)7(8)6-10(11(16)17)14-4-5-15/h1-3,5,10,14H,4,6H2,(H,16,17). The molecule has 1 atom stereocenters. The molecule has 0 aliphatic heterocycles. The molecule has 0 fully saturated rings. The third-order valence-electron chi connectivity index (χ3n) is 2.22. The van der Waals surface area contributed by atoms with E-state index < -0.39 is 23.6 Å². The first-order chi connectivity index (χ1) is 8.06. The zero-order valence-corrected chi connectivity index (χ0v) is 8.82. The number of carboxylic acid groups (broad SMARTS) is 1. The lowest BCUT2D eigenvalue weighted by Gasteiger charge is -2.13. The van der Waals surface area contributed by atoms with Gasteiger partial charge in [0.2, 0.25) is 0 Å². The predicted molar refractivity (Wildman–Crippen MR) is 55.6 cm³/mol. The van der Waals surface area contributed by atoms with Gasteiger partial charge in [-0.3, -0.25) is 10.1 Å². The van der Waals surface area contributed by atoms with Crippen LogP contribution in [0.3, 0.4) is 0 Å². The fourth-order valence-corrected chi connectivity index (χ4v) is 1.37. The van der Waals surface area contributed by atoms with E-state index in [1.54, 1.807) is 0 Å². The van der Waals surface area contributed by atoms with E-state index in [0.717, 1.165) is 12.1 Å². The highest BCUT2D eigenvalue weighted by molar-refractivity contribution is 5.74. The van der Waals surface area contributed by atoms with Crippen molar-refractivity contribution in [1.29, 1.82) is 0 Å². The molecule has 0 bridgehead atoms. The van der Waals surface area contributed by atoms with Crippen molar-refractivity contribution in [2.75, 3.05) is 6.54 Å². The molecular formula is C11H11F2NO3. The summed E-state index contributed by atoms with van der Waals surface area (Å²) >= 11 is 0. The lowest BCUT2D eigenvalue weighted by molar-refractivity contribution is -0.139. The molecule has 1 rings (SSSR count). The molecule has 0 heterocycles. The minimum atomic E-state index is -1.27. The first-order valence-corrected chi connectivity index (χ1v) is 4.89. The van der Waals surface area contributed by atoms with Crippen molar-refractivity contribution < 1.29 is 23.5 Å². The van der Waals surface area contributed by atoms with E-state index in [0.29, 0.717) is 6.29 Å². The van der Waals surface area contributed by atoms with Crippen molar-refractivity contribution >= 4 is 12.3 Å². The monoisotopic (exact) mass is 243 g/mol. The van der Waals surface area contributed by atoms with E-state index in [1.807, 2.05) is 0 Å². The molecule has 0 amide bonds. The smallest absolute Gasteiger partial charge is 0.321 e. The lowest BCUT2D eigenvalue weighted by atomic mass is 10.0. The van der Waals surface area contributed by atoms with Crippen LogP contribution in [0, 0.1) is 11.6 Å². The Morgan fingerprint density at radius 2 is 2.00 bits per heavy atom. The minimum absolute atomic E-state index is 0.187.